The fourth-order valence-electron chi connectivity index (χ4n) is 3.01. The van der Waals surface area contributed by atoms with E-state index in [-0.39, 0.29) is 0 Å². The number of nitrogens with zero attached hydrogens (tertiary/aromatic N) is 2. The van der Waals surface area contributed by atoms with E-state index in [9.17, 15) is 0 Å². The van der Waals surface area contributed by atoms with Crippen LogP contribution in [0.4, 0.5) is 0 Å². The highest BCUT2D eigenvalue weighted by Crippen LogP contribution is 2.43. The van der Waals surface area contributed by atoms with Crippen LogP contribution in [0.3, 0.4) is 0 Å². The molecule has 26 heavy (non-hydrogen) atoms. The lowest BCUT2D eigenvalue weighted by atomic mass is 10.0. The Labute approximate surface area is 149 Å². The van der Waals surface area contributed by atoms with Crippen LogP contribution in [0.25, 0.3) is 33.4 Å². The summed E-state index contributed by atoms with van der Waals surface area (Å²) in [6.45, 7) is 0. The van der Waals surface area contributed by atoms with Gasteiger partial charge in [-0.2, -0.15) is 5.10 Å². The van der Waals surface area contributed by atoms with Crippen molar-refractivity contribution in [3.05, 3.63) is 43.0 Å². The summed E-state index contributed by atoms with van der Waals surface area (Å²) in [4.78, 5) is 4.52. The fourth-order valence-corrected chi connectivity index (χ4v) is 3.01. The second-order valence-electron chi connectivity index (χ2n) is 5.58. The molecule has 0 aliphatic heterocycles. The number of furan rings is 1. The van der Waals surface area contributed by atoms with E-state index in [0.717, 1.165) is 33.4 Å². The van der Waals surface area contributed by atoms with Gasteiger partial charge in [0.25, 0.3) is 0 Å². The van der Waals surface area contributed by atoms with E-state index in [0.29, 0.717) is 17.2 Å². The lowest BCUT2D eigenvalue weighted by Gasteiger charge is -2.13. The normalized spacial score (nSPS) is 10.9. The number of methoxy groups -OCH3 is 3. The van der Waals surface area contributed by atoms with Crippen LogP contribution in [0.2, 0.25) is 0 Å². The van der Waals surface area contributed by atoms with Crippen molar-refractivity contribution in [3.8, 4) is 39.8 Å². The van der Waals surface area contributed by atoms with Crippen molar-refractivity contribution < 1.29 is 18.6 Å². The zero-order valence-corrected chi connectivity index (χ0v) is 14.6. The number of aromatic amines is 1. The lowest BCUT2D eigenvalue weighted by molar-refractivity contribution is 0.324. The average molecular weight is 351 g/mol. The van der Waals surface area contributed by atoms with Crippen LogP contribution in [0.5, 0.6) is 17.2 Å². The van der Waals surface area contributed by atoms with Gasteiger partial charge in [0.1, 0.15) is 5.69 Å². The van der Waals surface area contributed by atoms with Gasteiger partial charge in [0.2, 0.25) is 5.75 Å². The first kappa shape index (κ1) is 16.0. The van der Waals surface area contributed by atoms with Gasteiger partial charge < -0.3 is 18.6 Å². The molecule has 0 unspecified atom stereocenters. The molecule has 0 spiro atoms. The summed E-state index contributed by atoms with van der Waals surface area (Å²) in [6, 6.07) is 7.48. The smallest absolute Gasteiger partial charge is 0.203 e. The fraction of sp³-hybridized carbons (Fsp3) is 0.158. The molecule has 0 bridgehead atoms. The Kier molecular flexibility index (Phi) is 3.96. The van der Waals surface area contributed by atoms with Crippen LogP contribution in [0, 0.1) is 0 Å². The molecule has 0 saturated carbocycles. The standard InChI is InChI=1S/C19H17N3O4/c1-23-14-8-12(9-15(24-2)19(14)25-3)18-16-13(21-22-18)4-6-20-17(16)11-5-7-26-10-11/h4-10H,1-3H3,(H,21,22). The summed E-state index contributed by atoms with van der Waals surface area (Å²) in [7, 11) is 4.75. The first-order chi connectivity index (χ1) is 12.8. The third-order valence-corrected chi connectivity index (χ3v) is 4.21. The Morgan fingerprint density at radius 3 is 2.31 bits per heavy atom. The van der Waals surface area contributed by atoms with Gasteiger partial charge in [0.15, 0.2) is 11.5 Å². The van der Waals surface area contributed by atoms with Gasteiger partial charge in [-0.15, -0.1) is 0 Å². The highest BCUT2D eigenvalue weighted by molar-refractivity contribution is 6.02. The van der Waals surface area contributed by atoms with Crippen LogP contribution in [-0.4, -0.2) is 36.5 Å². The van der Waals surface area contributed by atoms with Crippen LogP contribution in [0.15, 0.2) is 47.4 Å². The van der Waals surface area contributed by atoms with Crippen molar-refractivity contribution in [2.24, 2.45) is 0 Å². The van der Waals surface area contributed by atoms with E-state index >= 15 is 0 Å². The molecule has 1 N–H and O–H groups in total. The Balaban J connectivity index is 1.98. The molecule has 0 fully saturated rings. The molecular weight excluding hydrogens is 334 g/mol. The Hall–Kier alpha value is -3.48. The molecule has 0 aliphatic rings. The van der Waals surface area contributed by atoms with Gasteiger partial charge >= 0.3 is 0 Å². The van der Waals surface area contributed by atoms with Gasteiger partial charge in [0, 0.05) is 17.3 Å². The number of pyridine rings is 1. The summed E-state index contributed by atoms with van der Waals surface area (Å²) in [5.41, 5.74) is 4.10. The second-order valence-corrected chi connectivity index (χ2v) is 5.58. The van der Waals surface area contributed by atoms with Crippen molar-refractivity contribution in [1.29, 1.82) is 0 Å². The summed E-state index contributed by atoms with van der Waals surface area (Å²) < 4.78 is 21.5. The molecule has 132 valence electrons. The molecule has 3 heterocycles. The molecule has 3 aromatic heterocycles. The number of hydrogen-bond donors (Lipinski definition) is 1. The molecule has 0 amide bonds. The van der Waals surface area contributed by atoms with Crippen molar-refractivity contribution >= 4 is 10.9 Å². The second kappa shape index (κ2) is 6.44. The Bertz CT molecular complexity index is 1030. The molecule has 0 atom stereocenters. The van der Waals surface area contributed by atoms with Crippen LogP contribution >= 0.6 is 0 Å². The number of H-pyrrole nitrogens is 1. The molecule has 1 aromatic carbocycles. The van der Waals surface area contributed by atoms with E-state index < -0.39 is 0 Å². The molecule has 0 saturated heterocycles. The maximum Gasteiger partial charge on any atom is 0.203 e. The lowest BCUT2D eigenvalue weighted by Crippen LogP contribution is -1.96. The SMILES string of the molecule is COc1cc(-c2n[nH]c3ccnc(-c4ccoc4)c23)cc(OC)c1OC. The van der Waals surface area contributed by atoms with E-state index in [1.54, 1.807) is 40.1 Å². The molecule has 7 nitrogen and oxygen atoms in total. The minimum atomic E-state index is 0.534. The van der Waals surface area contributed by atoms with Crippen molar-refractivity contribution in [2.45, 2.75) is 0 Å². The van der Waals surface area contributed by atoms with E-state index in [2.05, 4.69) is 15.2 Å². The quantitative estimate of drug-likeness (QED) is 0.587. The van der Waals surface area contributed by atoms with Gasteiger partial charge in [-0.1, -0.05) is 0 Å². The van der Waals surface area contributed by atoms with Gasteiger partial charge in [-0.05, 0) is 24.3 Å². The third kappa shape index (κ3) is 2.45. The zero-order chi connectivity index (χ0) is 18.1. The maximum absolute atomic E-state index is 5.46. The first-order valence-electron chi connectivity index (χ1n) is 7.92. The predicted molar refractivity (Wildman–Crippen MR) is 96.7 cm³/mol. The number of nitrogens with one attached hydrogen (secondary N) is 1. The van der Waals surface area contributed by atoms with Crippen LogP contribution in [-0.2, 0) is 0 Å². The number of ether oxygens (including phenoxy) is 3. The van der Waals surface area contributed by atoms with E-state index in [1.807, 2.05) is 24.3 Å². The minimum Gasteiger partial charge on any atom is -0.493 e. The minimum absolute atomic E-state index is 0.534. The number of hydrogen-bond acceptors (Lipinski definition) is 6. The van der Waals surface area contributed by atoms with Gasteiger partial charge in [-0.3, -0.25) is 10.1 Å². The van der Waals surface area contributed by atoms with Crippen molar-refractivity contribution in [2.75, 3.05) is 21.3 Å². The third-order valence-electron chi connectivity index (χ3n) is 4.21. The molecule has 7 heteroatoms. The monoisotopic (exact) mass is 351 g/mol. The van der Waals surface area contributed by atoms with Gasteiger partial charge in [-0.25, -0.2) is 0 Å². The number of fused-ring (bicyclic) bond motifs is 1. The summed E-state index contributed by atoms with van der Waals surface area (Å²) in [5.74, 6) is 1.66. The van der Waals surface area contributed by atoms with Crippen molar-refractivity contribution in [3.63, 3.8) is 0 Å². The number of aromatic nitrogens is 3. The van der Waals surface area contributed by atoms with Crippen LogP contribution in [0.1, 0.15) is 0 Å². The van der Waals surface area contributed by atoms with Crippen molar-refractivity contribution in [1.82, 2.24) is 15.2 Å². The number of benzene rings is 1. The van der Waals surface area contributed by atoms with Gasteiger partial charge in [0.05, 0.1) is 50.5 Å². The molecular formula is C19H17N3O4. The maximum atomic E-state index is 5.46. The Morgan fingerprint density at radius 1 is 0.923 bits per heavy atom. The predicted octanol–water partition coefficient (Wildman–Crippen LogP) is 3.91. The highest BCUT2D eigenvalue weighted by Gasteiger charge is 2.19. The summed E-state index contributed by atoms with van der Waals surface area (Å²) in [6.07, 6.45) is 5.02. The molecule has 4 aromatic rings. The molecule has 4 rings (SSSR count). The van der Waals surface area contributed by atoms with E-state index in [1.165, 1.54) is 0 Å². The zero-order valence-electron chi connectivity index (χ0n) is 14.6. The molecule has 0 radical (unpaired) electrons. The average Bonchev–Trinajstić information content (AvgIpc) is 3.36. The summed E-state index contributed by atoms with van der Waals surface area (Å²) in [5, 5.41) is 8.45. The van der Waals surface area contributed by atoms with Crippen LogP contribution < -0.4 is 14.2 Å². The topological polar surface area (TPSA) is 82.4 Å². The number of rotatable bonds is 5. The largest absolute Gasteiger partial charge is 0.493 e. The first-order valence-corrected chi connectivity index (χ1v) is 7.92. The summed E-state index contributed by atoms with van der Waals surface area (Å²) >= 11 is 0. The Morgan fingerprint density at radius 2 is 1.69 bits per heavy atom. The highest BCUT2D eigenvalue weighted by atomic mass is 16.5. The van der Waals surface area contributed by atoms with E-state index in [4.69, 9.17) is 18.6 Å². The molecule has 0 aliphatic carbocycles.